The number of hydrogen-bond donors (Lipinski definition) is 3. The van der Waals surface area contributed by atoms with E-state index >= 15 is 0 Å². The number of nitriles is 1. The highest BCUT2D eigenvalue weighted by atomic mass is 16.1. The fourth-order valence-electron chi connectivity index (χ4n) is 3.86. The Hall–Kier alpha value is -3.39. The quantitative estimate of drug-likeness (QED) is 0.443. The van der Waals surface area contributed by atoms with Gasteiger partial charge < -0.3 is 16.5 Å². The van der Waals surface area contributed by atoms with Crippen LogP contribution in [0.1, 0.15) is 46.5 Å². The van der Waals surface area contributed by atoms with Gasteiger partial charge in [-0.15, -0.1) is 0 Å². The van der Waals surface area contributed by atoms with E-state index in [0.717, 1.165) is 28.7 Å². The second kappa shape index (κ2) is 7.08. The largest absolute Gasteiger partial charge is 0.398 e. The summed E-state index contributed by atoms with van der Waals surface area (Å²) in [6.45, 7) is 4.21. The third-order valence-electron chi connectivity index (χ3n) is 5.13. The van der Waals surface area contributed by atoms with E-state index in [4.69, 9.17) is 16.4 Å². The molecule has 1 amide bonds. The van der Waals surface area contributed by atoms with Crippen LogP contribution in [0.5, 0.6) is 0 Å². The fourth-order valence-corrected chi connectivity index (χ4v) is 3.86. The Kier molecular flexibility index (Phi) is 4.83. The van der Waals surface area contributed by atoms with Crippen LogP contribution in [-0.2, 0) is 11.8 Å². The van der Waals surface area contributed by atoms with Crippen molar-refractivity contribution in [3.05, 3.63) is 70.3 Å². The van der Waals surface area contributed by atoms with Gasteiger partial charge in [-0.2, -0.15) is 5.26 Å². The van der Waals surface area contributed by atoms with Crippen LogP contribution in [-0.4, -0.2) is 18.7 Å². The van der Waals surface area contributed by atoms with Gasteiger partial charge in [0.15, 0.2) is 0 Å². The number of rotatable bonds is 4. The number of nitrogens with one attached hydrogen (secondary N) is 2. The van der Waals surface area contributed by atoms with E-state index in [1.165, 1.54) is 11.8 Å². The molecule has 0 spiro atoms. The van der Waals surface area contributed by atoms with Crippen molar-refractivity contribution in [3.8, 4) is 6.07 Å². The molecule has 0 bridgehead atoms. The number of allylic oxidation sites excluding steroid dienone is 2. The number of anilines is 1. The maximum Gasteiger partial charge on any atom is 0.252 e. The van der Waals surface area contributed by atoms with Gasteiger partial charge >= 0.3 is 0 Å². The molecular weight excluding hydrogens is 336 g/mol. The number of benzene rings is 2. The number of nitrogens with two attached hydrogens (primary N) is 1. The molecule has 1 aliphatic rings. The first kappa shape index (κ1) is 18.4. The average molecular weight is 358 g/mol. The Balaban J connectivity index is 1.95. The van der Waals surface area contributed by atoms with Gasteiger partial charge in [-0.05, 0) is 53.8 Å². The minimum atomic E-state index is -0.250. The summed E-state index contributed by atoms with van der Waals surface area (Å²) in [5.41, 5.74) is 12.2. The second-order valence-electron chi connectivity index (χ2n) is 7.09. The molecule has 0 radical (unpaired) electrons. The molecule has 0 aliphatic heterocycles. The number of amides is 1. The molecule has 0 saturated carbocycles. The monoisotopic (exact) mass is 358 g/mol. The molecule has 0 saturated heterocycles. The predicted molar refractivity (Wildman–Crippen MR) is 108 cm³/mol. The Bertz CT molecular complexity index is 983. The van der Waals surface area contributed by atoms with Gasteiger partial charge in [0, 0.05) is 28.4 Å². The summed E-state index contributed by atoms with van der Waals surface area (Å²) in [7, 11) is 0. The predicted octanol–water partition coefficient (Wildman–Crippen LogP) is 3.44. The number of nitrogens with zero attached hydrogens (tertiary/aromatic N) is 1. The minimum absolute atomic E-state index is 0.00447. The first-order valence-corrected chi connectivity index (χ1v) is 8.77. The van der Waals surface area contributed by atoms with Crippen LogP contribution in [0.4, 0.5) is 5.69 Å². The van der Waals surface area contributed by atoms with Crippen LogP contribution in [0, 0.1) is 16.7 Å². The molecule has 3 rings (SSSR count). The van der Waals surface area contributed by atoms with Crippen molar-refractivity contribution in [3.63, 3.8) is 0 Å². The van der Waals surface area contributed by atoms with Crippen LogP contribution in [0.15, 0.2) is 42.5 Å². The van der Waals surface area contributed by atoms with Crippen LogP contribution < -0.4 is 11.1 Å². The van der Waals surface area contributed by atoms with Crippen molar-refractivity contribution >= 4 is 23.4 Å². The Morgan fingerprint density at radius 1 is 1.33 bits per heavy atom. The van der Waals surface area contributed by atoms with Crippen molar-refractivity contribution in [1.82, 2.24) is 5.32 Å². The molecular formula is C22H22N4O. The zero-order chi connectivity index (χ0) is 19.6. The molecule has 2 aromatic rings. The van der Waals surface area contributed by atoms with E-state index in [2.05, 4.69) is 18.3 Å². The normalized spacial score (nSPS) is 18.0. The highest BCUT2D eigenvalue weighted by molar-refractivity contribution is 5.95. The summed E-state index contributed by atoms with van der Waals surface area (Å²) in [6, 6.07) is 13.3. The van der Waals surface area contributed by atoms with Crippen LogP contribution in [0.25, 0.3) is 5.57 Å². The Morgan fingerprint density at radius 2 is 2.04 bits per heavy atom. The average Bonchev–Trinajstić information content (AvgIpc) is 2.66. The summed E-state index contributed by atoms with van der Waals surface area (Å²) in [5, 5.41) is 18.8. The number of hydrogen-bond acceptors (Lipinski definition) is 4. The molecule has 5 heteroatoms. The molecule has 27 heavy (non-hydrogen) atoms. The molecule has 1 aliphatic carbocycles. The molecule has 2 aromatic carbocycles. The molecule has 1 unspecified atom stereocenters. The lowest BCUT2D eigenvalue weighted by Gasteiger charge is -2.34. The molecule has 4 N–H and O–H groups in total. The first-order chi connectivity index (χ1) is 12.9. The van der Waals surface area contributed by atoms with Crippen molar-refractivity contribution in [2.24, 2.45) is 0 Å². The number of carbonyl (C=O) groups excluding carboxylic acids is 1. The third-order valence-corrected chi connectivity index (χ3v) is 5.13. The molecule has 0 aromatic heterocycles. The number of nitrogen functional groups attached to an aromatic ring is 1. The summed E-state index contributed by atoms with van der Waals surface area (Å²) in [6.07, 6.45) is 4.33. The summed E-state index contributed by atoms with van der Waals surface area (Å²) >= 11 is 0. The molecule has 0 heterocycles. The Labute approximate surface area is 159 Å². The highest BCUT2D eigenvalue weighted by Gasteiger charge is 2.31. The van der Waals surface area contributed by atoms with E-state index in [1.54, 1.807) is 12.1 Å². The van der Waals surface area contributed by atoms with Crippen molar-refractivity contribution in [1.29, 1.82) is 10.7 Å². The fraction of sp³-hybridized carbons (Fsp3) is 0.227. The van der Waals surface area contributed by atoms with Crippen LogP contribution in [0.3, 0.4) is 0 Å². The van der Waals surface area contributed by atoms with Gasteiger partial charge in [0.25, 0.3) is 5.91 Å². The van der Waals surface area contributed by atoms with Crippen molar-refractivity contribution in [2.45, 2.75) is 25.7 Å². The number of fused-ring (bicyclic) bond motifs is 1. The van der Waals surface area contributed by atoms with Crippen LogP contribution >= 0.6 is 0 Å². The minimum Gasteiger partial charge on any atom is -0.398 e. The topological polar surface area (TPSA) is 103 Å². The lowest BCUT2D eigenvalue weighted by atomic mass is 9.70. The van der Waals surface area contributed by atoms with E-state index in [9.17, 15) is 4.79 Å². The van der Waals surface area contributed by atoms with Gasteiger partial charge in [-0.25, -0.2) is 0 Å². The van der Waals surface area contributed by atoms with Crippen LogP contribution in [0.2, 0.25) is 0 Å². The maximum atomic E-state index is 12.0. The molecule has 136 valence electrons. The van der Waals surface area contributed by atoms with Gasteiger partial charge in [-0.1, -0.05) is 31.2 Å². The lowest BCUT2D eigenvalue weighted by molar-refractivity contribution is 0.0958. The van der Waals surface area contributed by atoms with E-state index < -0.39 is 0 Å². The van der Waals surface area contributed by atoms with E-state index in [1.807, 2.05) is 37.3 Å². The zero-order valence-corrected chi connectivity index (χ0v) is 15.5. The summed E-state index contributed by atoms with van der Waals surface area (Å²) in [4.78, 5) is 12.0. The maximum absolute atomic E-state index is 12.0. The first-order valence-electron chi connectivity index (χ1n) is 8.77. The molecule has 5 nitrogen and oxygen atoms in total. The van der Waals surface area contributed by atoms with Gasteiger partial charge in [0.2, 0.25) is 0 Å². The van der Waals surface area contributed by atoms with Crippen molar-refractivity contribution in [2.75, 3.05) is 12.3 Å². The Morgan fingerprint density at radius 3 is 2.67 bits per heavy atom. The van der Waals surface area contributed by atoms with Crippen molar-refractivity contribution < 1.29 is 4.79 Å². The van der Waals surface area contributed by atoms with E-state index in [0.29, 0.717) is 11.3 Å². The van der Waals surface area contributed by atoms with Gasteiger partial charge in [0.1, 0.15) is 6.54 Å². The SMILES string of the molecule is CC1=CC(C)(c2ccc(C(=O)NCC#N)cc2)Cc2ccc(N)c(C=N)c21. The highest BCUT2D eigenvalue weighted by Crippen LogP contribution is 2.41. The summed E-state index contributed by atoms with van der Waals surface area (Å²) in [5.74, 6) is -0.250. The lowest BCUT2D eigenvalue weighted by Crippen LogP contribution is -2.27. The van der Waals surface area contributed by atoms with Gasteiger partial charge in [0.05, 0.1) is 6.07 Å². The smallest absolute Gasteiger partial charge is 0.252 e. The zero-order valence-electron chi connectivity index (χ0n) is 15.5. The van der Waals surface area contributed by atoms with E-state index in [-0.39, 0.29) is 17.9 Å². The standard InChI is InChI=1S/C22H22N4O/c1-14-11-22(2,12-16-5-8-19(25)18(13-24)20(14)16)17-6-3-15(4-7-17)21(27)26-10-9-23/h3-8,11,13,24H,10,12,25H2,1-2H3,(H,26,27). The second-order valence-corrected chi connectivity index (χ2v) is 7.09. The number of carbonyl (C=O) groups is 1. The molecule has 1 atom stereocenters. The summed E-state index contributed by atoms with van der Waals surface area (Å²) < 4.78 is 0. The third kappa shape index (κ3) is 3.34. The molecule has 0 fully saturated rings. The van der Waals surface area contributed by atoms with Gasteiger partial charge in [-0.3, -0.25) is 4.79 Å².